The van der Waals surface area contributed by atoms with Gasteiger partial charge in [-0.05, 0) is 61.8 Å². The van der Waals surface area contributed by atoms with Gasteiger partial charge in [0.25, 0.3) is 0 Å². The molecule has 0 spiro atoms. The molecule has 3 nitrogen and oxygen atoms in total. The first-order chi connectivity index (χ1) is 9.88. The van der Waals surface area contributed by atoms with Crippen LogP contribution in [0.1, 0.15) is 27.2 Å². The van der Waals surface area contributed by atoms with Gasteiger partial charge in [0, 0.05) is 21.6 Å². The van der Waals surface area contributed by atoms with Crippen LogP contribution in [0, 0.1) is 0 Å². The molecular weight excluding hydrogens is 396 g/mol. The Morgan fingerprint density at radius 3 is 2.71 bits per heavy atom. The fourth-order valence-electron chi connectivity index (χ4n) is 1.99. The highest BCUT2D eigenvalue weighted by Crippen LogP contribution is 2.37. The minimum Gasteiger partial charge on any atom is -0.490 e. The molecule has 0 saturated carbocycles. The molecule has 0 aliphatic heterocycles. The van der Waals surface area contributed by atoms with Crippen molar-refractivity contribution in [1.82, 2.24) is 10.3 Å². The Morgan fingerprint density at radius 1 is 1.24 bits per heavy atom. The van der Waals surface area contributed by atoms with E-state index in [-0.39, 0.29) is 5.54 Å². The number of hydrogen-bond donors (Lipinski definition) is 1. The third-order valence-electron chi connectivity index (χ3n) is 2.97. The lowest BCUT2D eigenvalue weighted by atomic mass is 10.1. The van der Waals surface area contributed by atoms with Crippen LogP contribution in [0.2, 0.25) is 0 Å². The number of ether oxygens (including phenoxy) is 1. The van der Waals surface area contributed by atoms with Gasteiger partial charge in [-0.15, -0.1) is 0 Å². The summed E-state index contributed by atoms with van der Waals surface area (Å²) in [6, 6.07) is 5.97. The molecule has 0 bridgehead atoms. The monoisotopic (exact) mass is 414 g/mol. The predicted molar refractivity (Wildman–Crippen MR) is 95.0 cm³/mol. The van der Waals surface area contributed by atoms with Gasteiger partial charge in [0.1, 0.15) is 5.52 Å². The largest absolute Gasteiger partial charge is 0.490 e. The molecular formula is C16H20Br2N2O. The van der Waals surface area contributed by atoms with Crippen LogP contribution in [-0.4, -0.2) is 23.7 Å². The van der Waals surface area contributed by atoms with Crippen molar-refractivity contribution in [2.24, 2.45) is 0 Å². The number of fused-ring (bicyclic) bond motifs is 1. The summed E-state index contributed by atoms with van der Waals surface area (Å²) >= 11 is 7.12. The number of hydrogen-bond acceptors (Lipinski definition) is 3. The Bertz CT molecular complexity index is 623. The van der Waals surface area contributed by atoms with E-state index in [1.54, 1.807) is 6.20 Å². The van der Waals surface area contributed by atoms with E-state index in [1.807, 2.05) is 18.2 Å². The Labute approximate surface area is 142 Å². The van der Waals surface area contributed by atoms with Crippen molar-refractivity contribution in [3.05, 3.63) is 33.3 Å². The standard InChI is InChI=1S/C16H20Br2N2O/c1-16(2,3)20-8-5-9-21-15-13(18)10-12(17)11-6-4-7-19-14(11)15/h4,6-7,10,20H,5,8-9H2,1-3H3. The zero-order valence-electron chi connectivity index (χ0n) is 12.5. The van der Waals surface area contributed by atoms with Crippen LogP contribution in [0.4, 0.5) is 0 Å². The number of nitrogens with one attached hydrogen (secondary N) is 1. The third-order valence-corrected chi connectivity index (χ3v) is 4.22. The van der Waals surface area contributed by atoms with E-state index >= 15 is 0 Å². The smallest absolute Gasteiger partial charge is 0.159 e. The molecule has 0 atom stereocenters. The van der Waals surface area contributed by atoms with Gasteiger partial charge in [0.05, 0.1) is 11.1 Å². The summed E-state index contributed by atoms with van der Waals surface area (Å²) in [6.07, 6.45) is 2.74. The van der Waals surface area contributed by atoms with E-state index in [0.29, 0.717) is 6.61 Å². The SMILES string of the molecule is CC(C)(C)NCCCOc1c(Br)cc(Br)c2cccnc12. The van der Waals surface area contributed by atoms with Crippen LogP contribution < -0.4 is 10.1 Å². The second kappa shape index (κ2) is 7.07. The maximum absolute atomic E-state index is 5.95. The summed E-state index contributed by atoms with van der Waals surface area (Å²) in [5, 5.41) is 4.51. The Kier molecular flexibility index (Phi) is 5.63. The highest BCUT2D eigenvalue weighted by molar-refractivity contribution is 9.11. The topological polar surface area (TPSA) is 34.1 Å². The van der Waals surface area contributed by atoms with Gasteiger partial charge in [-0.2, -0.15) is 0 Å². The van der Waals surface area contributed by atoms with Gasteiger partial charge in [0.2, 0.25) is 0 Å². The first-order valence-corrected chi connectivity index (χ1v) is 8.57. The van der Waals surface area contributed by atoms with Gasteiger partial charge in [-0.25, -0.2) is 0 Å². The Morgan fingerprint density at radius 2 is 2.00 bits per heavy atom. The van der Waals surface area contributed by atoms with Crippen LogP contribution in [0.25, 0.3) is 10.9 Å². The van der Waals surface area contributed by atoms with E-state index in [2.05, 4.69) is 62.9 Å². The normalized spacial score (nSPS) is 11.9. The second-order valence-electron chi connectivity index (χ2n) is 5.95. The van der Waals surface area contributed by atoms with Crippen molar-refractivity contribution in [2.75, 3.05) is 13.2 Å². The molecule has 1 aromatic heterocycles. The second-order valence-corrected chi connectivity index (χ2v) is 7.66. The summed E-state index contributed by atoms with van der Waals surface area (Å²) in [5.74, 6) is 0.810. The predicted octanol–water partition coefficient (Wildman–Crippen LogP) is 4.92. The molecule has 1 heterocycles. The lowest BCUT2D eigenvalue weighted by Crippen LogP contribution is -2.36. The van der Waals surface area contributed by atoms with Crippen LogP contribution in [0.3, 0.4) is 0 Å². The van der Waals surface area contributed by atoms with Crippen molar-refractivity contribution in [3.8, 4) is 5.75 Å². The molecule has 0 aliphatic rings. The molecule has 0 unspecified atom stereocenters. The number of halogens is 2. The van der Waals surface area contributed by atoms with E-state index in [9.17, 15) is 0 Å². The number of nitrogens with zero attached hydrogens (tertiary/aromatic N) is 1. The summed E-state index contributed by atoms with van der Waals surface area (Å²) < 4.78 is 7.88. The first kappa shape index (κ1) is 16.7. The molecule has 114 valence electrons. The maximum Gasteiger partial charge on any atom is 0.159 e. The summed E-state index contributed by atoms with van der Waals surface area (Å²) in [7, 11) is 0. The number of rotatable bonds is 5. The third kappa shape index (κ3) is 4.66. The number of aromatic nitrogens is 1. The van der Waals surface area contributed by atoms with Gasteiger partial charge in [-0.1, -0.05) is 22.0 Å². The lowest BCUT2D eigenvalue weighted by molar-refractivity contribution is 0.299. The van der Waals surface area contributed by atoms with Crippen molar-refractivity contribution < 1.29 is 4.74 Å². The lowest BCUT2D eigenvalue weighted by Gasteiger charge is -2.20. The molecule has 1 N–H and O–H groups in total. The van der Waals surface area contributed by atoms with Crippen molar-refractivity contribution in [2.45, 2.75) is 32.7 Å². The average Bonchev–Trinajstić information content (AvgIpc) is 2.40. The summed E-state index contributed by atoms with van der Waals surface area (Å²) in [4.78, 5) is 4.44. The molecule has 0 radical (unpaired) electrons. The zero-order valence-corrected chi connectivity index (χ0v) is 15.7. The molecule has 5 heteroatoms. The molecule has 0 amide bonds. The zero-order chi connectivity index (χ0) is 15.5. The quantitative estimate of drug-likeness (QED) is 0.704. The van der Waals surface area contributed by atoms with Crippen LogP contribution in [-0.2, 0) is 0 Å². The van der Waals surface area contributed by atoms with Crippen molar-refractivity contribution in [3.63, 3.8) is 0 Å². The highest BCUT2D eigenvalue weighted by atomic mass is 79.9. The molecule has 0 aliphatic carbocycles. The number of pyridine rings is 1. The number of benzene rings is 1. The van der Waals surface area contributed by atoms with Gasteiger partial charge in [0.15, 0.2) is 5.75 Å². The molecule has 0 fully saturated rings. The molecule has 1 aromatic carbocycles. The Hall–Kier alpha value is -0.650. The highest BCUT2D eigenvalue weighted by Gasteiger charge is 2.12. The minimum absolute atomic E-state index is 0.145. The van der Waals surface area contributed by atoms with Crippen LogP contribution in [0.15, 0.2) is 33.3 Å². The molecule has 0 saturated heterocycles. The molecule has 21 heavy (non-hydrogen) atoms. The fourth-order valence-corrected chi connectivity index (χ4v) is 3.38. The maximum atomic E-state index is 5.95. The average molecular weight is 416 g/mol. The Balaban J connectivity index is 2.05. The van der Waals surface area contributed by atoms with E-state index < -0.39 is 0 Å². The van der Waals surface area contributed by atoms with Crippen LogP contribution in [0.5, 0.6) is 5.75 Å². The van der Waals surface area contributed by atoms with Crippen molar-refractivity contribution in [1.29, 1.82) is 0 Å². The van der Waals surface area contributed by atoms with Gasteiger partial charge >= 0.3 is 0 Å². The van der Waals surface area contributed by atoms with E-state index in [1.165, 1.54) is 0 Å². The fraction of sp³-hybridized carbons (Fsp3) is 0.438. The summed E-state index contributed by atoms with van der Waals surface area (Å²) in [5.41, 5.74) is 1.02. The minimum atomic E-state index is 0.145. The molecule has 2 aromatic rings. The van der Waals surface area contributed by atoms with Gasteiger partial charge < -0.3 is 10.1 Å². The van der Waals surface area contributed by atoms with Crippen LogP contribution >= 0.6 is 31.9 Å². The van der Waals surface area contributed by atoms with E-state index in [4.69, 9.17) is 4.74 Å². The van der Waals surface area contributed by atoms with Crippen molar-refractivity contribution >= 4 is 42.8 Å². The van der Waals surface area contributed by atoms with E-state index in [0.717, 1.165) is 38.6 Å². The summed E-state index contributed by atoms with van der Waals surface area (Å²) in [6.45, 7) is 8.09. The molecule has 2 rings (SSSR count). The first-order valence-electron chi connectivity index (χ1n) is 6.99. The van der Waals surface area contributed by atoms with Gasteiger partial charge in [-0.3, -0.25) is 4.98 Å².